The summed E-state index contributed by atoms with van der Waals surface area (Å²) in [6.45, 7) is 5.60. The molecule has 1 aromatic heterocycles. The van der Waals surface area contributed by atoms with Crippen molar-refractivity contribution in [3.8, 4) is 0 Å². The number of hydrogen-bond acceptors (Lipinski definition) is 3. The molecular weight excluding hydrogens is 250 g/mol. The van der Waals surface area contributed by atoms with Crippen LogP contribution in [-0.4, -0.2) is 16.1 Å². The summed E-state index contributed by atoms with van der Waals surface area (Å²) in [5.41, 5.74) is 1.98. The zero-order chi connectivity index (χ0) is 14.4. The standard InChI is InChI=1S/C16H21N3O/c1-3-9-17-15(14-7-5-4-6-8-14)12-19-11-13(2)10-18-16(19)20/h4-8,10-11,15,17H,3,9,12H2,1-2H3. The number of hydrogen-bond donors (Lipinski definition) is 1. The van der Waals surface area contributed by atoms with Crippen molar-refractivity contribution in [2.24, 2.45) is 0 Å². The Bertz CT molecular complexity index is 592. The van der Waals surface area contributed by atoms with Crippen LogP contribution < -0.4 is 11.0 Å². The molecule has 4 nitrogen and oxygen atoms in total. The normalized spacial score (nSPS) is 12.3. The van der Waals surface area contributed by atoms with Gasteiger partial charge in [0, 0.05) is 18.9 Å². The summed E-state index contributed by atoms with van der Waals surface area (Å²) >= 11 is 0. The average molecular weight is 271 g/mol. The number of nitrogens with zero attached hydrogens (tertiary/aromatic N) is 2. The van der Waals surface area contributed by atoms with Gasteiger partial charge in [-0.05, 0) is 31.0 Å². The monoisotopic (exact) mass is 271 g/mol. The second-order valence-electron chi connectivity index (χ2n) is 4.98. The topological polar surface area (TPSA) is 46.9 Å². The van der Waals surface area contributed by atoms with Crippen LogP contribution in [0.25, 0.3) is 0 Å². The van der Waals surface area contributed by atoms with Crippen molar-refractivity contribution in [3.05, 3.63) is 64.3 Å². The fourth-order valence-electron chi connectivity index (χ4n) is 2.18. The van der Waals surface area contributed by atoms with Gasteiger partial charge in [-0.15, -0.1) is 0 Å². The molecule has 0 saturated heterocycles. The molecule has 1 atom stereocenters. The SMILES string of the molecule is CCCNC(Cn1cc(C)cnc1=O)c1ccccc1. The molecule has 0 aliphatic carbocycles. The Balaban J connectivity index is 2.23. The lowest BCUT2D eigenvalue weighted by molar-refractivity contribution is 0.451. The third kappa shape index (κ3) is 3.78. The van der Waals surface area contributed by atoms with Crippen LogP contribution in [0.4, 0.5) is 0 Å². The van der Waals surface area contributed by atoms with Crippen LogP contribution in [0.5, 0.6) is 0 Å². The molecular formula is C16H21N3O. The zero-order valence-electron chi connectivity index (χ0n) is 12.0. The molecule has 0 spiro atoms. The molecule has 20 heavy (non-hydrogen) atoms. The quantitative estimate of drug-likeness (QED) is 0.877. The van der Waals surface area contributed by atoms with Crippen molar-refractivity contribution in [2.45, 2.75) is 32.9 Å². The van der Waals surface area contributed by atoms with Crippen LogP contribution in [0, 0.1) is 6.92 Å². The van der Waals surface area contributed by atoms with E-state index >= 15 is 0 Å². The first-order chi connectivity index (χ1) is 9.70. The fraction of sp³-hybridized carbons (Fsp3) is 0.375. The smallest absolute Gasteiger partial charge is 0.308 e. The Morgan fingerprint density at radius 3 is 2.75 bits per heavy atom. The van der Waals surface area contributed by atoms with Crippen molar-refractivity contribution in [1.29, 1.82) is 0 Å². The van der Waals surface area contributed by atoms with Gasteiger partial charge in [0.15, 0.2) is 0 Å². The van der Waals surface area contributed by atoms with Gasteiger partial charge >= 0.3 is 5.69 Å². The maximum atomic E-state index is 11.8. The van der Waals surface area contributed by atoms with Crippen molar-refractivity contribution >= 4 is 0 Å². The molecule has 4 heteroatoms. The number of rotatable bonds is 6. The second kappa shape index (κ2) is 7.01. The maximum Gasteiger partial charge on any atom is 0.347 e. The first-order valence-electron chi connectivity index (χ1n) is 7.02. The van der Waals surface area contributed by atoms with E-state index in [1.165, 1.54) is 5.56 Å². The van der Waals surface area contributed by atoms with E-state index in [0.717, 1.165) is 18.5 Å². The number of aromatic nitrogens is 2. The largest absolute Gasteiger partial charge is 0.347 e. The summed E-state index contributed by atoms with van der Waals surface area (Å²) < 4.78 is 1.68. The highest BCUT2D eigenvalue weighted by molar-refractivity contribution is 5.19. The minimum atomic E-state index is -0.199. The summed E-state index contributed by atoms with van der Waals surface area (Å²) in [7, 11) is 0. The first kappa shape index (κ1) is 14.5. The fourth-order valence-corrected chi connectivity index (χ4v) is 2.18. The van der Waals surface area contributed by atoms with E-state index in [-0.39, 0.29) is 11.7 Å². The third-order valence-corrected chi connectivity index (χ3v) is 3.21. The minimum absolute atomic E-state index is 0.123. The van der Waals surface area contributed by atoms with Crippen molar-refractivity contribution < 1.29 is 0 Å². The predicted octanol–water partition coefficient (Wildman–Crippen LogP) is 2.29. The van der Waals surface area contributed by atoms with Crippen molar-refractivity contribution in [3.63, 3.8) is 0 Å². The predicted molar refractivity (Wildman–Crippen MR) is 80.7 cm³/mol. The molecule has 0 bridgehead atoms. The molecule has 0 saturated carbocycles. The molecule has 1 heterocycles. The summed E-state index contributed by atoms with van der Waals surface area (Å²) in [6, 6.07) is 10.3. The molecule has 1 unspecified atom stereocenters. The van der Waals surface area contributed by atoms with Crippen molar-refractivity contribution in [1.82, 2.24) is 14.9 Å². The Morgan fingerprint density at radius 2 is 2.05 bits per heavy atom. The van der Waals surface area contributed by atoms with Gasteiger partial charge in [0.05, 0.1) is 6.04 Å². The molecule has 1 N–H and O–H groups in total. The van der Waals surface area contributed by atoms with E-state index in [0.29, 0.717) is 6.54 Å². The summed E-state index contributed by atoms with van der Waals surface area (Å²) in [5.74, 6) is 0. The highest BCUT2D eigenvalue weighted by Gasteiger charge is 2.12. The van der Waals surface area contributed by atoms with E-state index in [1.807, 2.05) is 31.3 Å². The van der Waals surface area contributed by atoms with E-state index in [1.54, 1.807) is 10.8 Å². The van der Waals surface area contributed by atoms with Gasteiger partial charge in [-0.2, -0.15) is 0 Å². The van der Waals surface area contributed by atoms with Crippen LogP contribution in [0.3, 0.4) is 0 Å². The van der Waals surface area contributed by atoms with E-state index in [4.69, 9.17) is 0 Å². The lowest BCUT2D eigenvalue weighted by Gasteiger charge is -2.20. The van der Waals surface area contributed by atoms with E-state index in [2.05, 4.69) is 29.4 Å². The van der Waals surface area contributed by atoms with Gasteiger partial charge < -0.3 is 5.32 Å². The molecule has 0 aliphatic heterocycles. The lowest BCUT2D eigenvalue weighted by atomic mass is 10.1. The van der Waals surface area contributed by atoms with Crippen LogP contribution >= 0.6 is 0 Å². The molecule has 0 aliphatic rings. The Hall–Kier alpha value is -1.94. The molecule has 1 aromatic carbocycles. The van der Waals surface area contributed by atoms with Crippen LogP contribution in [0.1, 0.15) is 30.5 Å². The molecule has 0 amide bonds. The van der Waals surface area contributed by atoms with Crippen LogP contribution in [0.2, 0.25) is 0 Å². The summed E-state index contributed by atoms with van der Waals surface area (Å²) in [6.07, 6.45) is 4.53. The highest BCUT2D eigenvalue weighted by atomic mass is 16.1. The number of benzene rings is 1. The first-order valence-corrected chi connectivity index (χ1v) is 7.02. The Morgan fingerprint density at radius 1 is 1.30 bits per heavy atom. The third-order valence-electron chi connectivity index (χ3n) is 3.21. The maximum absolute atomic E-state index is 11.8. The minimum Gasteiger partial charge on any atom is -0.308 e. The second-order valence-corrected chi connectivity index (χ2v) is 4.98. The molecule has 106 valence electrons. The molecule has 2 aromatic rings. The molecule has 2 rings (SSSR count). The molecule has 0 radical (unpaired) electrons. The van der Waals surface area contributed by atoms with Gasteiger partial charge in [0.25, 0.3) is 0 Å². The van der Waals surface area contributed by atoms with Gasteiger partial charge in [-0.3, -0.25) is 4.57 Å². The van der Waals surface area contributed by atoms with Gasteiger partial charge in [-0.1, -0.05) is 37.3 Å². The van der Waals surface area contributed by atoms with Crippen LogP contribution in [-0.2, 0) is 6.54 Å². The van der Waals surface area contributed by atoms with Crippen molar-refractivity contribution in [2.75, 3.05) is 6.54 Å². The summed E-state index contributed by atoms with van der Waals surface area (Å²) in [5, 5.41) is 3.49. The number of nitrogens with one attached hydrogen (secondary N) is 1. The lowest BCUT2D eigenvalue weighted by Crippen LogP contribution is -2.31. The van der Waals surface area contributed by atoms with Gasteiger partial charge in [0.2, 0.25) is 0 Å². The van der Waals surface area contributed by atoms with Crippen LogP contribution in [0.15, 0.2) is 47.5 Å². The Labute approximate surface area is 119 Å². The highest BCUT2D eigenvalue weighted by Crippen LogP contribution is 2.14. The van der Waals surface area contributed by atoms with E-state index < -0.39 is 0 Å². The zero-order valence-corrected chi connectivity index (χ0v) is 12.0. The summed E-state index contributed by atoms with van der Waals surface area (Å²) in [4.78, 5) is 15.7. The molecule has 0 fully saturated rings. The Kier molecular flexibility index (Phi) is 5.07. The average Bonchev–Trinajstić information content (AvgIpc) is 2.48. The van der Waals surface area contributed by atoms with E-state index in [9.17, 15) is 4.79 Å². The number of aryl methyl sites for hydroxylation is 1. The van der Waals surface area contributed by atoms with Gasteiger partial charge in [0.1, 0.15) is 0 Å². The van der Waals surface area contributed by atoms with Gasteiger partial charge in [-0.25, -0.2) is 9.78 Å².